The Labute approximate surface area is 186 Å². The second kappa shape index (κ2) is 9.62. The van der Waals surface area contributed by atoms with E-state index in [1.165, 1.54) is 22.5 Å². The number of halogens is 1. The molecule has 1 aliphatic rings. The first-order valence-corrected chi connectivity index (χ1v) is 11.9. The molecule has 1 saturated heterocycles. The highest BCUT2D eigenvalue weighted by Crippen LogP contribution is 2.22. The Bertz CT molecular complexity index is 1170. The average Bonchev–Trinajstić information content (AvgIpc) is 3.29. The number of benzene rings is 2. The number of nitrogens with zero attached hydrogens (tertiary/aromatic N) is 3. The van der Waals surface area contributed by atoms with Crippen LogP contribution in [0.25, 0.3) is 11.3 Å². The van der Waals surface area contributed by atoms with Gasteiger partial charge in [-0.15, -0.1) is 0 Å². The van der Waals surface area contributed by atoms with Gasteiger partial charge in [0.05, 0.1) is 6.20 Å². The van der Waals surface area contributed by atoms with Crippen molar-refractivity contribution in [2.24, 2.45) is 0 Å². The fourth-order valence-corrected chi connectivity index (χ4v) is 5.17. The molecule has 0 bridgehead atoms. The molecule has 1 aliphatic heterocycles. The largest absolute Gasteiger partial charge is 0.441 e. The number of aromatic nitrogens is 1. The zero-order valence-corrected chi connectivity index (χ0v) is 18.3. The lowest BCUT2D eigenvalue weighted by Crippen LogP contribution is -2.50. The van der Waals surface area contributed by atoms with Crippen LogP contribution in [-0.4, -0.2) is 54.7 Å². The van der Waals surface area contributed by atoms with Crippen molar-refractivity contribution in [3.8, 4) is 11.3 Å². The van der Waals surface area contributed by atoms with Gasteiger partial charge in [0.2, 0.25) is 15.9 Å². The molecule has 7 nitrogen and oxygen atoms in total. The lowest BCUT2D eigenvalue weighted by Gasteiger charge is -2.34. The Morgan fingerprint density at radius 3 is 2.41 bits per heavy atom. The fraction of sp³-hybridized carbons (Fsp3) is 0.304. The molecular weight excluding hydrogens is 433 g/mol. The highest BCUT2D eigenvalue weighted by atomic mass is 32.2. The number of amides is 1. The van der Waals surface area contributed by atoms with Crippen LogP contribution in [0.2, 0.25) is 0 Å². The molecule has 0 spiro atoms. The molecule has 3 aromatic rings. The number of carbonyl (C=O) groups excluding carboxylic acids is 1. The second-order valence-electron chi connectivity index (χ2n) is 7.55. The van der Waals surface area contributed by atoms with E-state index in [2.05, 4.69) is 4.98 Å². The first kappa shape index (κ1) is 22.2. The van der Waals surface area contributed by atoms with Gasteiger partial charge >= 0.3 is 0 Å². The maximum absolute atomic E-state index is 13.9. The minimum absolute atomic E-state index is 0.0391. The number of aryl methyl sites for hydroxylation is 1. The van der Waals surface area contributed by atoms with Crippen LogP contribution >= 0.6 is 0 Å². The fourth-order valence-electron chi connectivity index (χ4n) is 3.68. The van der Waals surface area contributed by atoms with Crippen molar-refractivity contribution < 1.29 is 22.0 Å². The molecule has 0 unspecified atom stereocenters. The standard InChI is InChI=1S/C23H24FN3O4S/c24-19-9-4-5-10-21(19)32(29,30)27-15-13-26(14-16-27)23(28)12-6-11-22-25-17-20(31-22)18-7-2-1-3-8-18/h1-5,7-10,17H,6,11-16H2. The summed E-state index contributed by atoms with van der Waals surface area (Å²) in [7, 11) is -3.92. The van der Waals surface area contributed by atoms with Gasteiger partial charge in [-0.2, -0.15) is 4.31 Å². The van der Waals surface area contributed by atoms with Crippen LogP contribution in [0.15, 0.2) is 70.1 Å². The highest BCUT2D eigenvalue weighted by Gasteiger charge is 2.31. The quantitative estimate of drug-likeness (QED) is 0.543. The third-order valence-corrected chi connectivity index (χ3v) is 7.37. The number of sulfonamides is 1. The molecule has 2 aromatic carbocycles. The summed E-state index contributed by atoms with van der Waals surface area (Å²) in [4.78, 5) is 18.1. The van der Waals surface area contributed by atoms with Gasteiger partial charge in [-0.25, -0.2) is 17.8 Å². The van der Waals surface area contributed by atoms with E-state index in [0.717, 1.165) is 11.6 Å². The molecule has 168 valence electrons. The number of hydrogen-bond donors (Lipinski definition) is 0. The molecule has 0 aliphatic carbocycles. The van der Waals surface area contributed by atoms with Crippen molar-refractivity contribution in [3.05, 3.63) is 72.5 Å². The molecule has 1 aromatic heterocycles. The van der Waals surface area contributed by atoms with Crippen molar-refractivity contribution in [2.45, 2.75) is 24.2 Å². The van der Waals surface area contributed by atoms with Crippen LogP contribution in [-0.2, 0) is 21.2 Å². The first-order chi connectivity index (χ1) is 15.4. The van der Waals surface area contributed by atoms with Crippen LogP contribution < -0.4 is 0 Å². The monoisotopic (exact) mass is 457 g/mol. The molecule has 32 heavy (non-hydrogen) atoms. The van der Waals surface area contributed by atoms with Crippen molar-refractivity contribution in [2.75, 3.05) is 26.2 Å². The Balaban J connectivity index is 1.26. The van der Waals surface area contributed by atoms with E-state index < -0.39 is 15.8 Å². The average molecular weight is 458 g/mol. The van der Waals surface area contributed by atoms with E-state index >= 15 is 0 Å². The number of oxazole rings is 1. The summed E-state index contributed by atoms with van der Waals surface area (Å²) in [5, 5.41) is 0. The maximum atomic E-state index is 13.9. The molecule has 1 amide bonds. The van der Waals surface area contributed by atoms with E-state index in [1.807, 2.05) is 30.3 Å². The van der Waals surface area contributed by atoms with E-state index in [1.54, 1.807) is 11.1 Å². The third-order valence-electron chi connectivity index (χ3n) is 5.44. The first-order valence-electron chi connectivity index (χ1n) is 10.5. The normalized spacial score (nSPS) is 15.1. The SMILES string of the molecule is O=C(CCCc1ncc(-c2ccccc2)o1)N1CCN(S(=O)(=O)c2ccccc2F)CC1. The second-order valence-corrected chi connectivity index (χ2v) is 9.46. The van der Waals surface area contributed by atoms with Crippen molar-refractivity contribution in [1.82, 2.24) is 14.2 Å². The van der Waals surface area contributed by atoms with Crippen LogP contribution in [0.4, 0.5) is 4.39 Å². The van der Waals surface area contributed by atoms with Gasteiger partial charge in [-0.3, -0.25) is 4.79 Å². The molecule has 0 saturated carbocycles. The van der Waals surface area contributed by atoms with Crippen molar-refractivity contribution >= 4 is 15.9 Å². The van der Waals surface area contributed by atoms with E-state index in [9.17, 15) is 17.6 Å². The Morgan fingerprint density at radius 2 is 1.69 bits per heavy atom. The third kappa shape index (κ3) is 4.89. The van der Waals surface area contributed by atoms with Crippen molar-refractivity contribution in [3.63, 3.8) is 0 Å². The number of piperazine rings is 1. The molecule has 4 rings (SSSR count). The van der Waals surface area contributed by atoms with Crippen LogP contribution in [0.3, 0.4) is 0 Å². The molecule has 9 heteroatoms. The van der Waals surface area contributed by atoms with Gasteiger partial charge in [0.1, 0.15) is 10.7 Å². The summed E-state index contributed by atoms with van der Waals surface area (Å²) in [6.07, 6.45) is 3.13. The zero-order valence-electron chi connectivity index (χ0n) is 17.5. The molecule has 2 heterocycles. The minimum Gasteiger partial charge on any atom is -0.441 e. The van der Waals surface area contributed by atoms with Crippen LogP contribution in [0.1, 0.15) is 18.7 Å². The van der Waals surface area contributed by atoms with Gasteiger partial charge in [0, 0.05) is 44.6 Å². The summed E-state index contributed by atoms with van der Waals surface area (Å²) < 4.78 is 46.3. The predicted molar refractivity (Wildman–Crippen MR) is 117 cm³/mol. The highest BCUT2D eigenvalue weighted by molar-refractivity contribution is 7.89. The Morgan fingerprint density at radius 1 is 1.00 bits per heavy atom. The van der Waals surface area contributed by atoms with Gasteiger partial charge < -0.3 is 9.32 Å². The maximum Gasteiger partial charge on any atom is 0.246 e. The summed E-state index contributed by atoms with van der Waals surface area (Å²) in [5.74, 6) is 0.465. The molecule has 1 fully saturated rings. The number of hydrogen-bond acceptors (Lipinski definition) is 5. The van der Waals surface area contributed by atoms with E-state index in [4.69, 9.17) is 4.42 Å². The summed E-state index contributed by atoms with van der Waals surface area (Å²) >= 11 is 0. The summed E-state index contributed by atoms with van der Waals surface area (Å²) in [6, 6.07) is 15.0. The van der Waals surface area contributed by atoms with Gasteiger partial charge in [0.25, 0.3) is 0 Å². The van der Waals surface area contributed by atoms with Crippen LogP contribution in [0.5, 0.6) is 0 Å². The van der Waals surface area contributed by atoms with E-state index in [0.29, 0.717) is 30.9 Å². The number of carbonyl (C=O) groups is 1. The summed E-state index contributed by atoms with van der Waals surface area (Å²) in [6.45, 7) is 0.846. The zero-order chi connectivity index (χ0) is 22.6. The van der Waals surface area contributed by atoms with Gasteiger partial charge in [-0.05, 0) is 18.6 Å². The molecular formula is C23H24FN3O4S. The molecule has 0 atom stereocenters. The van der Waals surface area contributed by atoms with Gasteiger partial charge in [0.15, 0.2) is 11.7 Å². The minimum atomic E-state index is -3.92. The summed E-state index contributed by atoms with van der Waals surface area (Å²) in [5.41, 5.74) is 0.950. The Kier molecular flexibility index (Phi) is 6.66. The smallest absolute Gasteiger partial charge is 0.246 e. The molecule has 0 N–H and O–H groups in total. The van der Waals surface area contributed by atoms with Crippen LogP contribution in [0, 0.1) is 5.82 Å². The topological polar surface area (TPSA) is 83.7 Å². The Hall–Kier alpha value is -3.04. The van der Waals surface area contributed by atoms with Crippen molar-refractivity contribution in [1.29, 1.82) is 0 Å². The molecule has 0 radical (unpaired) electrons. The van der Waals surface area contributed by atoms with E-state index in [-0.39, 0.29) is 37.0 Å². The number of rotatable bonds is 7. The lowest BCUT2D eigenvalue weighted by molar-refractivity contribution is -0.132. The lowest BCUT2D eigenvalue weighted by atomic mass is 10.2. The predicted octanol–water partition coefficient (Wildman–Crippen LogP) is 3.34. The van der Waals surface area contributed by atoms with Gasteiger partial charge in [-0.1, -0.05) is 42.5 Å².